The fourth-order valence-electron chi connectivity index (χ4n) is 1.24. The molecule has 2 unspecified atom stereocenters. The number of aromatic nitrogens is 1. The van der Waals surface area contributed by atoms with E-state index in [2.05, 4.69) is 9.72 Å². The summed E-state index contributed by atoms with van der Waals surface area (Å²) in [6.07, 6.45) is -2.68. The minimum absolute atomic E-state index is 0.0560. The van der Waals surface area contributed by atoms with E-state index in [1.807, 2.05) is 0 Å². The Morgan fingerprint density at radius 2 is 2.06 bits per heavy atom. The number of hydrogen-bond donors (Lipinski definition) is 4. The van der Waals surface area contributed by atoms with Crippen LogP contribution in [0.3, 0.4) is 0 Å². The maximum atomic E-state index is 11.3. The minimum Gasteiger partial charge on any atom is -0.479 e. The van der Waals surface area contributed by atoms with E-state index in [4.69, 9.17) is 10.8 Å². The van der Waals surface area contributed by atoms with Crippen molar-refractivity contribution in [2.24, 2.45) is 0 Å². The van der Waals surface area contributed by atoms with Crippen LogP contribution in [-0.2, 0) is 9.53 Å². The van der Waals surface area contributed by atoms with Crippen LogP contribution in [-0.4, -0.2) is 45.5 Å². The average molecular weight is 256 g/mol. The van der Waals surface area contributed by atoms with Crippen LogP contribution in [0.2, 0.25) is 0 Å². The van der Waals surface area contributed by atoms with Crippen LogP contribution < -0.4 is 5.73 Å². The third kappa shape index (κ3) is 2.73. The second-order valence-electron chi connectivity index (χ2n) is 3.42. The van der Waals surface area contributed by atoms with Gasteiger partial charge >= 0.3 is 11.9 Å². The van der Waals surface area contributed by atoms with Gasteiger partial charge in [-0.15, -0.1) is 0 Å². The van der Waals surface area contributed by atoms with Crippen LogP contribution in [0.4, 0.5) is 5.82 Å². The van der Waals surface area contributed by atoms with E-state index in [1.165, 1.54) is 0 Å². The lowest BCUT2D eigenvalue weighted by atomic mass is 10.0. The molecule has 0 aliphatic heterocycles. The summed E-state index contributed by atoms with van der Waals surface area (Å²) in [5.41, 5.74) is 5.25. The third-order valence-electron chi connectivity index (χ3n) is 2.24. The maximum absolute atomic E-state index is 11.3. The number of methoxy groups -OCH3 is 1. The summed E-state index contributed by atoms with van der Waals surface area (Å²) in [5, 5.41) is 27.3. The van der Waals surface area contributed by atoms with Crippen LogP contribution in [0.1, 0.15) is 22.0 Å². The van der Waals surface area contributed by atoms with Crippen molar-refractivity contribution in [3.8, 4) is 0 Å². The summed E-state index contributed by atoms with van der Waals surface area (Å²) < 4.78 is 4.44. The number of hydrogen-bond acceptors (Lipinski definition) is 7. The fraction of sp³-hybridized carbons (Fsp3) is 0.300. The number of nitrogens with two attached hydrogens (primary N) is 1. The van der Waals surface area contributed by atoms with Crippen molar-refractivity contribution in [1.29, 1.82) is 0 Å². The molecule has 1 heterocycles. The largest absolute Gasteiger partial charge is 0.479 e. The molecule has 0 bridgehead atoms. The zero-order valence-electron chi connectivity index (χ0n) is 9.40. The number of carboxylic acids is 1. The number of esters is 1. The van der Waals surface area contributed by atoms with Crippen molar-refractivity contribution >= 4 is 17.8 Å². The van der Waals surface area contributed by atoms with Gasteiger partial charge in [0.2, 0.25) is 0 Å². The highest BCUT2D eigenvalue weighted by atomic mass is 16.5. The Hall–Kier alpha value is -2.19. The van der Waals surface area contributed by atoms with E-state index in [-0.39, 0.29) is 16.9 Å². The number of carboxylic acid groups (broad SMARTS) is 1. The second-order valence-corrected chi connectivity index (χ2v) is 3.42. The number of nitrogens with zero attached hydrogens (tertiary/aromatic N) is 1. The molecule has 1 aromatic rings. The van der Waals surface area contributed by atoms with Gasteiger partial charge in [-0.1, -0.05) is 0 Å². The molecule has 0 radical (unpaired) electrons. The van der Waals surface area contributed by atoms with E-state index in [1.54, 1.807) is 0 Å². The van der Waals surface area contributed by atoms with Crippen LogP contribution >= 0.6 is 0 Å². The number of carbonyl (C=O) groups is 2. The molecule has 0 aromatic carbocycles. The van der Waals surface area contributed by atoms with E-state index < -0.39 is 24.1 Å². The number of aliphatic hydroxyl groups excluding tert-OH is 2. The monoisotopic (exact) mass is 256 g/mol. The zero-order chi connectivity index (χ0) is 13.9. The van der Waals surface area contributed by atoms with Gasteiger partial charge in [-0.2, -0.15) is 0 Å². The molecular weight excluding hydrogens is 244 g/mol. The van der Waals surface area contributed by atoms with E-state index in [9.17, 15) is 19.8 Å². The van der Waals surface area contributed by atoms with Gasteiger partial charge in [-0.25, -0.2) is 14.6 Å². The molecule has 0 spiro atoms. The molecule has 0 saturated heterocycles. The number of aliphatic carboxylic acids is 1. The Kier molecular flexibility index (Phi) is 4.18. The van der Waals surface area contributed by atoms with Crippen molar-refractivity contribution in [2.75, 3.05) is 12.8 Å². The number of nitrogen functional groups attached to an aromatic ring is 1. The van der Waals surface area contributed by atoms with E-state index in [0.29, 0.717) is 0 Å². The number of carbonyl (C=O) groups excluding carboxylic acids is 1. The van der Waals surface area contributed by atoms with Gasteiger partial charge in [0.25, 0.3) is 0 Å². The highest BCUT2D eigenvalue weighted by Crippen LogP contribution is 2.20. The number of pyridine rings is 1. The molecule has 0 fully saturated rings. The predicted octanol–water partition coefficient (Wildman–Crippen LogP) is -1.07. The van der Waals surface area contributed by atoms with Gasteiger partial charge < -0.3 is 25.8 Å². The summed E-state index contributed by atoms with van der Waals surface area (Å²) in [4.78, 5) is 25.4. The first-order chi connectivity index (χ1) is 8.38. The normalized spacial score (nSPS) is 13.7. The van der Waals surface area contributed by atoms with Crippen LogP contribution in [0.15, 0.2) is 12.3 Å². The highest BCUT2D eigenvalue weighted by molar-refractivity contribution is 5.94. The molecule has 1 aromatic heterocycles. The van der Waals surface area contributed by atoms with Crippen LogP contribution in [0.5, 0.6) is 0 Å². The van der Waals surface area contributed by atoms with Crippen molar-refractivity contribution in [3.05, 3.63) is 23.4 Å². The lowest BCUT2D eigenvalue weighted by molar-refractivity contribution is -0.153. The third-order valence-corrected chi connectivity index (χ3v) is 2.24. The molecular formula is C10H12N2O6. The molecule has 0 aliphatic carbocycles. The topological polar surface area (TPSA) is 143 Å². The minimum atomic E-state index is -2.03. The van der Waals surface area contributed by atoms with Crippen LogP contribution in [0.25, 0.3) is 0 Å². The Labute approximate surface area is 102 Å². The molecule has 18 heavy (non-hydrogen) atoms. The summed E-state index contributed by atoms with van der Waals surface area (Å²) in [5.74, 6) is -2.50. The molecule has 1 rings (SSSR count). The molecule has 0 amide bonds. The predicted molar refractivity (Wildman–Crippen MR) is 58.6 cm³/mol. The molecule has 2 atom stereocenters. The van der Waals surface area contributed by atoms with Crippen molar-refractivity contribution in [2.45, 2.75) is 12.2 Å². The van der Waals surface area contributed by atoms with Crippen molar-refractivity contribution < 1.29 is 29.6 Å². The number of anilines is 1. The quantitative estimate of drug-likeness (QED) is 0.498. The van der Waals surface area contributed by atoms with E-state index >= 15 is 0 Å². The molecule has 8 nitrogen and oxygen atoms in total. The first kappa shape index (κ1) is 13.9. The van der Waals surface area contributed by atoms with Crippen LogP contribution in [0, 0.1) is 0 Å². The van der Waals surface area contributed by atoms with Gasteiger partial charge in [0, 0.05) is 11.8 Å². The SMILES string of the molecule is COC(=O)c1cc(C(O)C(O)C(=O)O)cnc1N. The fourth-order valence-corrected chi connectivity index (χ4v) is 1.24. The summed E-state index contributed by atoms with van der Waals surface area (Å²) >= 11 is 0. The number of ether oxygens (including phenoxy) is 1. The Bertz CT molecular complexity index is 475. The molecule has 0 saturated carbocycles. The van der Waals surface area contributed by atoms with Gasteiger partial charge in [0.05, 0.1) is 7.11 Å². The van der Waals surface area contributed by atoms with Crippen molar-refractivity contribution in [1.82, 2.24) is 4.98 Å². The Morgan fingerprint density at radius 1 is 1.44 bits per heavy atom. The van der Waals surface area contributed by atoms with Gasteiger partial charge in [-0.05, 0) is 6.07 Å². The van der Waals surface area contributed by atoms with E-state index in [0.717, 1.165) is 19.4 Å². The second kappa shape index (κ2) is 5.43. The lowest BCUT2D eigenvalue weighted by Crippen LogP contribution is -2.27. The molecule has 5 N–H and O–H groups in total. The maximum Gasteiger partial charge on any atom is 0.341 e. The molecule has 98 valence electrons. The van der Waals surface area contributed by atoms with Gasteiger partial charge in [-0.3, -0.25) is 0 Å². The molecule has 0 aliphatic rings. The first-order valence-corrected chi connectivity index (χ1v) is 4.81. The number of rotatable bonds is 4. The summed E-state index contributed by atoms with van der Waals surface area (Å²) in [7, 11) is 1.14. The Morgan fingerprint density at radius 3 is 2.56 bits per heavy atom. The first-order valence-electron chi connectivity index (χ1n) is 4.81. The lowest BCUT2D eigenvalue weighted by Gasteiger charge is -2.15. The molecule has 8 heteroatoms. The van der Waals surface area contributed by atoms with Crippen molar-refractivity contribution in [3.63, 3.8) is 0 Å². The summed E-state index contributed by atoms with van der Waals surface area (Å²) in [6.45, 7) is 0. The zero-order valence-corrected chi connectivity index (χ0v) is 9.40. The van der Waals surface area contributed by atoms with Gasteiger partial charge in [0.1, 0.15) is 17.5 Å². The highest BCUT2D eigenvalue weighted by Gasteiger charge is 2.26. The Balaban J connectivity index is 3.12. The smallest absolute Gasteiger partial charge is 0.341 e. The standard InChI is InChI=1S/C10H12N2O6/c1-18-10(17)5-2-4(3-12-8(5)11)6(13)7(14)9(15)16/h2-3,6-7,13-14H,1H3,(H2,11,12)(H,15,16). The van der Waals surface area contributed by atoms with Gasteiger partial charge in [0.15, 0.2) is 6.10 Å². The number of aliphatic hydroxyl groups is 2. The summed E-state index contributed by atoms with van der Waals surface area (Å²) in [6, 6.07) is 1.12. The average Bonchev–Trinajstić information content (AvgIpc) is 2.36.